The van der Waals surface area contributed by atoms with Crippen LogP contribution in [0.5, 0.6) is 5.88 Å². The van der Waals surface area contributed by atoms with Gasteiger partial charge in [-0.15, -0.1) is 0 Å². The van der Waals surface area contributed by atoms with Gasteiger partial charge in [0, 0.05) is 49.9 Å². The first-order chi connectivity index (χ1) is 16.5. The molecule has 3 fully saturated rings. The van der Waals surface area contributed by atoms with E-state index in [1.165, 1.54) is 12.8 Å². The maximum absolute atomic E-state index is 11.5. The first-order valence-electron chi connectivity index (χ1n) is 11.9. The van der Waals surface area contributed by atoms with E-state index in [4.69, 9.17) is 9.98 Å². The number of rotatable bonds is 7. The lowest BCUT2D eigenvalue weighted by Gasteiger charge is -2.34. The van der Waals surface area contributed by atoms with E-state index in [9.17, 15) is 9.90 Å². The first kappa shape index (κ1) is 21.3. The van der Waals surface area contributed by atoms with Crippen molar-refractivity contribution in [2.45, 2.75) is 31.7 Å². The molecule has 0 atom stereocenters. The third kappa shape index (κ3) is 4.42. The molecule has 0 amide bonds. The Morgan fingerprint density at radius 2 is 2.03 bits per heavy atom. The van der Waals surface area contributed by atoms with Crippen molar-refractivity contribution in [1.29, 1.82) is 0 Å². The number of nitrogens with one attached hydrogen (secondary N) is 3. The fraction of sp³-hybridized carbons (Fsp3) is 0.591. The predicted octanol–water partition coefficient (Wildman–Crippen LogP) is -1.10. The number of likely N-dealkylation sites (N-methyl/N-ethyl adjacent to an activating group) is 1. The predicted molar refractivity (Wildman–Crippen MR) is 125 cm³/mol. The standard InChI is InChI=1S/C22H30N10O2/c1-30-6-8-31(9-7-30)13-22(4-5-22)12-23-19-27-17-14(10-16-18(33)28-21(34)26-16)11-24-32(17)20(29-19)25-15-2-3-15/h10-11,15,33H,2-9,12-13H2,1H3,(H,23,25,29)(H2,26,28,34)/b14-10+. The van der Waals surface area contributed by atoms with Gasteiger partial charge in [-0.25, -0.2) is 9.79 Å². The van der Waals surface area contributed by atoms with E-state index in [1.54, 1.807) is 16.8 Å². The number of imidazole rings is 1. The van der Waals surface area contributed by atoms with E-state index in [-0.39, 0.29) is 23.0 Å². The minimum Gasteiger partial charge on any atom is -0.493 e. The number of aromatic amines is 2. The fourth-order valence-electron chi connectivity index (χ4n) is 4.47. The number of H-pyrrole nitrogens is 2. The summed E-state index contributed by atoms with van der Waals surface area (Å²) in [6.07, 6.45) is 7.81. The maximum atomic E-state index is 11.5. The number of nitrogens with zero attached hydrogens (tertiary/aromatic N) is 7. The molecule has 2 aliphatic carbocycles. The van der Waals surface area contributed by atoms with Crippen molar-refractivity contribution in [2.24, 2.45) is 10.4 Å². The number of hydrogen-bond acceptors (Lipinski definition) is 9. The molecule has 3 aromatic rings. The lowest BCUT2D eigenvalue weighted by molar-refractivity contribution is 0.133. The van der Waals surface area contributed by atoms with Crippen LogP contribution in [0.3, 0.4) is 0 Å². The third-order valence-corrected chi connectivity index (χ3v) is 6.99. The Morgan fingerprint density at radius 3 is 2.71 bits per heavy atom. The molecule has 2 saturated carbocycles. The van der Waals surface area contributed by atoms with Crippen molar-refractivity contribution in [1.82, 2.24) is 39.3 Å². The van der Waals surface area contributed by atoms with Gasteiger partial charge in [-0.05, 0) is 38.8 Å². The summed E-state index contributed by atoms with van der Waals surface area (Å²) < 4.78 is 1.62. The summed E-state index contributed by atoms with van der Waals surface area (Å²) in [6, 6.07) is 0.277. The number of fused-ring (bicyclic) bond motifs is 1. The third-order valence-electron chi connectivity index (χ3n) is 6.99. The Labute approximate surface area is 195 Å². The highest BCUT2D eigenvalue weighted by atomic mass is 16.3. The number of aromatic hydroxyl groups is 1. The minimum atomic E-state index is -0.475. The Bertz CT molecular complexity index is 1370. The van der Waals surface area contributed by atoms with Gasteiger partial charge in [0.25, 0.3) is 5.62 Å². The fourth-order valence-corrected chi connectivity index (χ4v) is 4.47. The van der Waals surface area contributed by atoms with E-state index >= 15 is 0 Å². The smallest absolute Gasteiger partial charge is 0.326 e. The van der Waals surface area contributed by atoms with Crippen molar-refractivity contribution in [3.63, 3.8) is 0 Å². The molecule has 180 valence electrons. The highest BCUT2D eigenvalue weighted by molar-refractivity contribution is 5.57. The van der Waals surface area contributed by atoms with Gasteiger partial charge in [0.15, 0.2) is 5.65 Å². The summed E-state index contributed by atoms with van der Waals surface area (Å²) in [4.78, 5) is 35.5. The highest BCUT2D eigenvalue weighted by Crippen LogP contribution is 2.46. The molecular formula is C22H30N10O2. The minimum absolute atomic E-state index is 0.223. The zero-order chi connectivity index (χ0) is 23.3. The van der Waals surface area contributed by atoms with Gasteiger partial charge in [0.05, 0.1) is 12.2 Å². The summed E-state index contributed by atoms with van der Waals surface area (Å²) in [7, 11) is 2.18. The highest BCUT2D eigenvalue weighted by Gasteiger charge is 2.44. The normalized spacial score (nSPS) is 22.0. The van der Waals surface area contributed by atoms with Gasteiger partial charge >= 0.3 is 5.69 Å². The van der Waals surface area contributed by atoms with Gasteiger partial charge < -0.3 is 25.2 Å². The van der Waals surface area contributed by atoms with E-state index in [1.807, 2.05) is 0 Å². The van der Waals surface area contributed by atoms with Crippen molar-refractivity contribution < 1.29 is 5.11 Å². The average Bonchev–Trinajstić information content (AvgIpc) is 3.72. The molecule has 34 heavy (non-hydrogen) atoms. The van der Waals surface area contributed by atoms with Gasteiger partial charge in [0.1, 0.15) is 5.69 Å². The lowest BCUT2D eigenvalue weighted by Crippen LogP contribution is -2.47. The average molecular weight is 467 g/mol. The Hall–Kier alpha value is -3.25. The molecule has 0 radical (unpaired) electrons. The molecule has 12 heteroatoms. The van der Waals surface area contributed by atoms with Crippen LogP contribution in [0.1, 0.15) is 31.4 Å². The molecule has 0 aromatic carbocycles. The second-order valence-corrected chi connectivity index (χ2v) is 9.96. The number of aromatic nitrogens is 6. The van der Waals surface area contributed by atoms with Crippen LogP contribution >= 0.6 is 0 Å². The number of piperazine rings is 1. The van der Waals surface area contributed by atoms with E-state index < -0.39 is 5.69 Å². The van der Waals surface area contributed by atoms with E-state index in [0.29, 0.717) is 22.4 Å². The molecule has 12 nitrogen and oxygen atoms in total. The number of hydrogen-bond donors (Lipinski definition) is 4. The molecule has 0 spiro atoms. The second kappa shape index (κ2) is 8.20. The monoisotopic (exact) mass is 466 g/mol. The van der Waals surface area contributed by atoms with Crippen LogP contribution < -0.4 is 21.8 Å². The number of anilines is 1. The molecule has 6 rings (SSSR count). The van der Waals surface area contributed by atoms with Crippen molar-refractivity contribution in [2.75, 3.05) is 51.6 Å². The SMILES string of the molecule is CN1CCN(CC2(CNc3nc(=NC4CC4)n4nc/c(=C\c5[nH]c(=O)[nH]c5O)c4n3)CC2)CC1. The molecule has 3 aromatic heterocycles. The maximum Gasteiger partial charge on any atom is 0.326 e. The van der Waals surface area contributed by atoms with Crippen molar-refractivity contribution in [3.8, 4) is 5.88 Å². The van der Waals surface area contributed by atoms with Crippen LogP contribution in [-0.4, -0.2) is 96.8 Å². The Morgan fingerprint density at radius 1 is 1.24 bits per heavy atom. The lowest BCUT2D eigenvalue weighted by atomic mass is 10.1. The summed E-state index contributed by atoms with van der Waals surface area (Å²) in [5.74, 6) is 0.303. The quantitative estimate of drug-likeness (QED) is 0.344. The molecule has 0 unspecified atom stereocenters. The van der Waals surface area contributed by atoms with Gasteiger partial charge in [-0.3, -0.25) is 4.98 Å². The molecule has 4 N–H and O–H groups in total. The van der Waals surface area contributed by atoms with Crippen LogP contribution in [-0.2, 0) is 0 Å². The molecule has 4 heterocycles. The zero-order valence-corrected chi connectivity index (χ0v) is 19.3. The molecule has 1 aliphatic heterocycles. The van der Waals surface area contributed by atoms with Crippen molar-refractivity contribution >= 4 is 17.7 Å². The van der Waals surface area contributed by atoms with Gasteiger partial charge in [-0.2, -0.15) is 19.6 Å². The first-order valence-corrected chi connectivity index (χ1v) is 11.9. The van der Waals surface area contributed by atoms with E-state index in [2.05, 4.69) is 42.2 Å². The Kier molecular flexibility index (Phi) is 5.14. The topological polar surface area (TPSA) is 143 Å². The van der Waals surface area contributed by atoms with Gasteiger partial charge in [-0.1, -0.05) is 0 Å². The summed E-state index contributed by atoms with van der Waals surface area (Å²) >= 11 is 0. The Balaban J connectivity index is 1.29. The zero-order valence-electron chi connectivity index (χ0n) is 19.3. The van der Waals surface area contributed by atoms with Crippen LogP contribution in [0.25, 0.3) is 11.7 Å². The molecule has 3 aliphatic rings. The van der Waals surface area contributed by atoms with E-state index in [0.717, 1.165) is 52.1 Å². The van der Waals surface area contributed by atoms with Crippen molar-refractivity contribution in [3.05, 3.63) is 33.2 Å². The van der Waals surface area contributed by atoms with Crippen LogP contribution in [0, 0.1) is 5.41 Å². The largest absolute Gasteiger partial charge is 0.493 e. The van der Waals surface area contributed by atoms with Crippen LogP contribution in [0.4, 0.5) is 5.95 Å². The summed E-state index contributed by atoms with van der Waals surface area (Å²) in [6.45, 7) is 6.40. The molecule has 0 bridgehead atoms. The summed E-state index contributed by atoms with van der Waals surface area (Å²) in [5.41, 5.74) is 1.16. The summed E-state index contributed by atoms with van der Waals surface area (Å²) in [5, 5.41) is 18.5. The molecular weight excluding hydrogens is 436 g/mol. The van der Waals surface area contributed by atoms with Crippen LogP contribution in [0.15, 0.2) is 16.0 Å². The van der Waals surface area contributed by atoms with Crippen LogP contribution in [0.2, 0.25) is 0 Å². The molecule has 1 saturated heterocycles. The van der Waals surface area contributed by atoms with Gasteiger partial charge in [0.2, 0.25) is 11.8 Å². The second-order valence-electron chi connectivity index (χ2n) is 9.96.